The molecule has 0 spiro atoms. The summed E-state index contributed by atoms with van der Waals surface area (Å²) < 4.78 is 0. The summed E-state index contributed by atoms with van der Waals surface area (Å²) in [4.78, 5) is 10.8. The first-order chi connectivity index (χ1) is 8.74. The molecular weight excluding hydrogens is 226 g/mol. The van der Waals surface area contributed by atoms with E-state index in [0.717, 1.165) is 11.6 Å². The van der Waals surface area contributed by atoms with Gasteiger partial charge in [-0.1, -0.05) is 0 Å². The monoisotopic (exact) mass is 249 g/mol. The highest BCUT2D eigenvalue weighted by Crippen LogP contribution is 2.25. The van der Waals surface area contributed by atoms with Crippen molar-refractivity contribution in [2.45, 2.75) is 37.8 Å². The van der Waals surface area contributed by atoms with E-state index in [0.29, 0.717) is 12.1 Å². The first-order valence-electron chi connectivity index (χ1n) is 6.64. The Hall–Kier alpha value is -1.36. The summed E-state index contributed by atoms with van der Waals surface area (Å²) >= 11 is 0. The number of aromatic nitrogens is 2. The zero-order valence-corrected chi connectivity index (χ0v) is 11.5. The van der Waals surface area contributed by atoms with Crippen LogP contribution in [0.4, 0.5) is 11.6 Å². The van der Waals surface area contributed by atoms with E-state index >= 15 is 0 Å². The van der Waals surface area contributed by atoms with Crippen molar-refractivity contribution in [3.8, 4) is 0 Å². The summed E-state index contributed by atoms with van der Waals surface area (Å²) in [6.45, 7) is 0. The van der Waals surface area contributed by atoms with Crippen LogP contribution in [0.1, 0.15) is 25.7 Å². The van der Waals surface area contributed by atoms with Gasteiger partial charge in [0.15, 0.2) is 0 Å². The van der Waals surface area contributed by atoms with Crippen molar-refractivity contribution in [2.75, 3.05) is 31.4 Å². The van der Waals surface area contributed by atoms with Gasteiger partial charge in [0, 0.05) is 32.2 Å². The Kier molecular flexibility index (Phi) is 4.36. The Balaban J connectivity index is 2.00. The Bertz CT molecular complexity index is 373. The van der Waals surface area contributed by atoms with Crippen molar-refractivity contribution < 1.29 is 0 Å². The molecule has 1 fully saturated rings. The van der Waals surface area contributed by atoms with Gasteiger partial charge < -0.3 is 15.5 Å². The maximum absolute atomic E-state index is 4.36. The highest BCUT2D eigenvalue weighted by molar-refractivity contribution is 5.48. The van der Waals surface area contributed by atoms with Crippen molar-refractivity contribution in [2.24, 2.45) is 0 Å². The van der Waals surface area contributed by atoms with Gasteiger partial charge in [-0.05, 0) is 32.7 Å². The average Bonchev–Trinajstić information content (AvgIpc) is 2.46. The smallest absolute Gasteiger partial charge is 0.134 e. The van der Waals surface area contributed by atoms with Crippen LogP contribution >= 0.6 is 0 Å². The molecule has 1 aliphatic carbocycles. The summed E-state index contributed by atoms with van der Waals surface area (Å²) in [5, 5.41) is 6.42. The van der Waals surface area contributed by atoms with Crippen LogP contribution in [0, 0.1) is 0 Å². The molecule has 0 atom stereocenters. The quantitative estimate of drug-likeness (QED) is 0.846. The molecule has 0 saturated heterocycles. The molecule has 2 N–H and O–H groups in total. The minimum atomic E-state index is 0.592. The average molecular weight is 249 g/mol. The predicted molar refractivity (Wildman–Crippen MR) is 75.1 cm³/mol. The van der Waals surface area contributed by atoms with Crippen LogP contribution in [0.3, 0.4) is 0 Å². The molecule has 100 valence electrons. The molecule has 1 aliphatic rings. The molecule has 0 bridgehead atoms. The summed E-state index contributed by atoms with van der Waals surface area (Å²) in [7, 11) is 6.06. The molecule has 1 saturated carbocycles. The van der Waals surface area contributed by atoms with Crippen molar-refractivity contribution >= 4 is 11.6 Å². The maximum atomic E-state index is 4.36. The Morgan fingerprint density at radius 1 is 1.17 bits per heavy atom. The van der Waals surface area contributed by atoms with Gasteiger partial charge in [0.2, 0.25) is 0 Å². The van der Waals surface area contributed by atoms with E-state index in [1.54, 1.807) is 6.33 Å². The SMILES string of the molecule is CNc1cc(N(C)C2CCC(NC)CC2)ncn1. The van der Waals surface area contributed by atoms with Gasteiger partial charge in [-0.2, -0.15) is 0 Å². The first-order valence-corrected chi connectivity index (χ1v) is 6.64. The van der Waals surface area contributed by atoms with Gasteiger partial charge in [-0.25, -0.2) is 9.97 Å². The van der Waals surface area contributed by atoms with Crippen molar-refractivity contribution in [3.63, 3.8) is 0 Å². The Morgan fingerprint density at radius 3 is 2.50 bits per heavy atom. The highest BCUT2D eigenvalue weighted by atomic mass is 15.2. The lowest BCUT2D eigenvalue weighted by molar-refractivity contribution is 0.350. The van der Waals surface area contributed by atoms with Crippen molar-refractivity contribution in [3.05, 3.63) is 12.4 Å². The van der Waals surface area contributed by atoms with Crippen LogP contribution in [-0.2, 0) is 0 Å². The van der Waals surface area contributed by atoms with Gasteiger partial charge in [0.25, 0.3) is 0 Å². The molecule has 0 unspecified atom stereocenters. The molecule has 1 heterocycles. The lowest BCUT2D eigenvalue weighted by atomic mass is 9.90. The topological polar surface area (TPSA) is 53.1 Å². The number of rotatable bonds is 4. The molecule has 2 rings (SSSR count). The minimum absolute atomic E-state index is 0.592. The van der Waals surface area contributed by atoms with Crippen LogP contribution in [0.25, 0.3) is 0 Å². The molecule has 1 aromatic heterocycles. The maximum Gasteiger partial charge on any atom is 0.134 e. The van der Waals surface area contributed by atoms with Crippen LogP contribution in [-0.4, -0.2) is 43.2 Å². The molecule has 5 heteroatoms. The van der Waals surface area contributed by atoms with Gasteiger partial charge in [-0.15, -0.1) is 0 Å². The normalized spacial score (nSPS) is 23.7. The van der Waals surface area contributed by atoms with Gasteiger partial charge >= 0.3 is 0 Å². The summed E-state index contributed by atoms with van der Waals surface area (Å²) in [5.41, 5.74) is 0. The third-order valence-corrected chi connectivity index (χ3v) is 3.92. The number of anilines is 2. The zero-order valence-electron chi connectivity index (χ0n) is 11.5. The number of hydrogen-bond donors (Lipinski definition) is 2. The van der Waals surface area contributed by atoms with E-state index < -0.39 is 0 Å². The van der Waals surface area contributed by atoms with Crippen molar-refractivity contribution in [1.29, 1.82) is 0 Å². The molecule has 0 amide bonds. The van der Waals surface area contributed by atoms with E-state index in [-0.39, 0.29) is 0 Å². The number of nitrogens with one attached hydrogen (secondary N) is 2. The predicted octanol–water partition coefficient (Wildman–Crippen LogP) is 1.49. The summed E-state index contributed by atoms with van der Waals surface area (Å²) in [5.74, 6) is 1.87. The van der Waals surface area contributed by atoms with E-state index in [1.165, 1.54) is 25.7 Å². The largest absolute Gasteiger partial charge is 0.373 e. The molecular formula is C13H23N5. The Morgan fingerprint density at radius 2 is 1.89 bits per heavy atom. The second kappa shape index (κ2) is 6.00. The van der Waals surface area contributed by atoms with E-state index in [2.05, 4.69) is 39.6 Å². The number of nitrogens with zero attached hydrogens (tertiary/aromatic N) is 3. The third kappa shape index (κ3) is 2.90. The van der Waals surface area contributed by atoms with Crippen LogP contribution in [0.15, 0.2) is 12.4 Å². The lowest BCUT2D eigenvalue weighted by Gasteiger charge is -2.35. The molecule has 5 nitrogen and oxygen atoms in total. The Labute approximate surface area is 109 Å². The zero-order chi connectivity index (χ0) is 13.0. The fraction of sp³-hybridized carbons (Fsp3) is 0.692. The third-order valence-electron chi connectivity index (χ3n) is 3.92. The standard InChI is InChI=1S/C13H23N5/c1-14-10-4-6-11(7-5-10)18(3)13-8-12(15-2)16-9-17-13/h8-11,14H,4-7H2,1-3H3,(H,15,16,17). The molecule has 0 aromatic carbocycles. The highest BCUT2D eigenvalue weighted by Gasteiger charge is 2.23. The number of hydrogen-bond acceptors (Lipinski definition) is 5. The minimum Gasteiger partial charge on any atom is -0.373 e. The lowest BCUT2D eigenvalue weighted by Crippen LogP contribution is -2.40. The fourth-order valence-electron chi connectivity index (χ4n) is 2.62. The van der Waals surface area contributed by atoms with Crippen molar-refractivity contribution in [1.82, 2.24) is 15.3 Å². The molecule has 0 radical (unpaired) electrons. The van der Waals surface area contributed by atoms with E-state index in [4.69, 9.17) is 0 Å². The second-order valence-electron chi connectivity index (χ2n) is 4.92. The van der Waals surface area contributed by atoms with E-state index in [9.17, 15) is 0 Å². The molecule has 1 aromatic rings. The molecule has 18 heavy (non-hydrogen) atoms. The van der Waals surface area contributed by atoms with Gasteiger partial charge in [0.05, 0.1) is 0 Å². The van der Waals surface area contributed by atoms with Gasteiger partial charge in [0.1, 0.15) is 18.0 Å². The van der Waals surface area contributed by atoms with Crippen LogP contribution < -0.4 is 15.5 Å². The van der Waals surface area contributed by atoms with Crippen LogP contribution in [0.2, 0.25) is 0 Å². The van der Waals surface area contributed by atoms with E-state index in [1.807, 2.05) is 13.1 Å². The summed E-state index contributed by atoms with van der Waals surface area (Å²) in [6.07, 6.45) is 6.56. The van der Waals surface area contributed by atoms with Gasteiger partial charge in [-0.3, -0.25) is 0 Å². The first kappa shape index (κ1) is 13.1. The summed E-state index contributed by atoms with van der Waals surface area (Å²) in [6, 6.07) is 3.28. The fourth-order valence-corrected chi connectivity index (χ4v) is 2.62. The van der Waals surface area contributed by atoms with Crippen LogP contribution in [0.5, 0.6) is 0 Å². The molecule has 0 aliphatic heterocycles. The second-order valence-corrected chi connectivity index (χ2v) is 4.92.